The normalized spacial score (nSPS) is 31.8. The molecule has 2 bridgehead atoms. The summed E-state index contributed by atoms with van der Waals surface area (Å²) in [5, 5.41) is 3.16. The predicted octanol–water partition coefficient (Wildman–Crippen LogP) is 2.59. The van der Waals surface area contributed by atoms with Gasteiger partial charge in [0.05, 0.1) is 0 Å². The van der Waals surface area contributed by atoms with Gasteiger partial charge in [0.2, 0.25) is 6.79 Å². The molecule has 4 fully saturated rings. The fourth-order valence-corrected chi connectivity index (χ4v) is 5.60. The lowest BCUT2D eigenvalue weighted by Gasteiger charge is -2.51. The molecule has 0 aliphatic carbocycles. The molecule has 6 heteroatoms. The quantitative estimate of drug-likeness (QED) is 0.825. The van der Waals surface area contributed by atoms with Crippen LogP contribution in [-0.4, -0.2) is 67.8 Å². The van der Waals surface area contributed by atoms with Gasteiger partial charge in [-0.05, 0) is 81.3 Å². The van der Waals surface area contributed by atoms with Gasteiger partial charge >= 0.3 is 0 Å². The second-order valence-electron chi connectivity index (χ2n) is 9.45. The van der Waals surface area contributed by atoms with Crippen molar-refractivity contribution in [3.63, 3.8) is 0 Å². The molecule has 158 valence electrons. The van der Waals surface area contributed by atoms with Gasteiger partial charge in [0.1, 0.15) is 0 Å². The highest BCUT2D eigenvalue weighted by molar-refractivity contribution is 5.94. The van der Waals surface area contributed by atoms with Crippen LogP contribution in [0.1, 0.15) is 43.0 Å². The summed E-state index contributed by atoms with van der Waals surface area (Å²) in [5.74, 6) is 3.87. The topological polar surface area (TPSA) is 54.0 Å². The first-order valence-corrected chi connectivity index (χ1v) is 11.3. The number of carbonyl (C=O) groups is 1. The molecule has 5 aliphatic heterocycles. The minimum atomic E-state index is -0.0232. The standard InChI is InChI=1S/C23H33N3O3/c1-16-4-7-25(8-5-16)13-19-14-26-9-6-17(19)10-20(26)12-24-23(27)18-2-3-21-22(11-18)29-15-28-21/h2-3,11,16-17,19-20H,4-10,12-15H2,1H3,(H,24,27). The van der Waals surface area contributed by atoms with Gasteiger partial charge in [-0.3, -0.25) is 9.69 Å². The molecule has 4 saturated heterocycles. The Balaban J connectivity index is 1.12. The number of nitrogens with zero attached hydrogens (tertiary/aromatic N) is 2. The molecule has 0 radical (unpaired) electrons. The van der Waals surface area contributed by atoms with Gasteiger partial charge < -0.3 is 19.7 Å². The molecule has 4 atom stereocenters. The number of nitrogens with one attached hydrogen (secondary N) is 1. The highest BCUT2D eigenvalue weighted by Gasteiger charge is 2.40. The Hall–Kier alpha value is -1.79. The number of hydrogen-bond donors (Lipinski definition) is 1. The monoisotopic (exact) mass is 399 g/mol. The van der Waals surface area contributed by atoms with Crippen molar-refractivity contribution >= 4 is 5.91 Å². The van der Waals surface area contributed by atoms with Crippen molar-refractivity contribution in [3.8, 4) is 11.5 Å². The fourth-order valence-electron chi connectivity index (χ4n) is 5.60. The number of benzene rings is 1. The lowest BCUT2D eigenvalue weighted by atomic mass is 9.75. The number of ether oxygens (including phenoxy) is 2. The van der Waals surface area contributed by atoms with Crippen molar-refractivity contribution in [2.24, 2.45) is 17.8 Å². The number of hydrogen-bond acceptors (Lipinski definition) is 5. The number of amides is 1. The van der Waals surface area contributed by atoms with E-state index in [9.17, 15) is 4.79 Å². The number of fused-ring (bicyclic) bond motifs is 4. The Kier molecular flexibility index (Phi) is 5.39. The zero-order valence-corrected chi connectivity index (χ0v) is 17.4. The number of carbonyl (C=O) groups excluding carboxylic acids is 1. The summed E-state index contributed by atoms with van der Waals surface area (Å²) in [7, 11) is 0. The molecule has 0 saturated carbocycles. The Morgan fingerprint density at radius 2 is 1.97 bits per heavy atom. The Labute approximate surface area is 173 Å². The maximum Gasteiger partial charge on any atom is 0.251 e. The van der Waals surface area contributed by atoms with Gasteiger partial charge in [-0.25, -0.2) is 0 Å². The molecule has 5 aliphatic rings. The highest BCUT2D eigenvalue weighted by Crippen LogP contribution is 2.37. The zero-order valence-electron chi connectivity index (χ0n) is 17.4. The molecule has 6 rings (SSSR count). The molecule has 4 unspecified atom stereocenters. The Morgan fingerprint density at radius 3 is 2.76 bits per heavy atom. The molecule has 1 aromatic carbocycles. The van der Waals surface area contributed by atoms with E-state index < -0.39 is 0 Å². The predicted molar refractivity (Wildman–Crippen MR) is 111 cm³/mol. The molecular weight excluding hydrogens is 366 g/mol. The molecule has 1 aromatic rings. The minimum absolute atomic E-state index is 0.0232. The summed E-state index contributed by atoms with van der Waals surface area (Å²) < 4.78 is 10.7. The second kappa shape index (κ2) is 8.15. The van der Waals surface area contributed by atoms with E-state index in [2.05, 4.69) is 22.0 Å². The van der Waals surface area contributed by atoms with Crippen LogP contribution in [0.25, 0.3) is 0 Å². The summed E-state index contributed by atoms with van der Waals surface area (Å²) in [6.07, 6.45) is 5.25. The molecule has 29 heavy (non-hydrogen) atoms. The first-order valence-electron chi connectivity index (χ1n) is 11.3. The number of piperidine rings is 4. The van der Waals surface area contributed by atoms with Crippen LogP contribution in [0.4, 0.5) is 0 Å². The molecule has 5 heterocycles. The summed E-state index contributed by atoms with van der Waals surface area (Å²) in [6.45, 7) is 9.55. The maximum absolute atomic E-state index is 12.6. The summed E-state index contributed by atoms with van der Waals surface area (Å²) in [6, 6.07) is 5.88. The van der Waals surface area contributed by atoms with E-state index in [-0.39, 0.29) is 12.7 Å². The summed E-state index contributed by atoms with van der Waals surface area (Å²) in [5.41, 5.74) is 0.641. The van der Waals surface area contributed by atoms with Gasteiger partial charge in [-0.2, -0.15) is 0 Å². The van der Waals surface area contributed by atoms with Gasteiger partial charge in [0.25, 0.3) is 5.91 Å². The van der Waals surface area contributed by atoms with Crippen LogP contribution in [0.5, 0.6) is 11.5 Å². The molecule has 1 N–H and O–H groups in total. The van der Waals surface area contributed by atoms with Crippen LogP contribution in [-0.2, 0) is 0 Å². The lowest BCUT2D eigenvalue weighted by Crippen LogP contribution is -2.58. The Morgan fingerprint density at radius 1 is 1.14 bits per heavy atom. The van der Waals surface area contributed by atoms with E-state index >= 15 is 0 Å². The smallest absolute Gasteiger partial charge is 0.251 e. The highest BCUT2D eigenvalue weighted by atomic mass is 16.7. The van der Waals surface area contributed by atoms with Crippen LogP contribution >= 0.6 is 0 Å². The van der Waals surface area contributed by atoms with E-state index in [0.717, 1.165) is 24.3 Å². The number of likely N-dealkylation sites (tertiary alicyclic amines) is 1. The van der Waals surface area contributed by atoms with Crippen LogP contribution in [0, 0.1) is 17.8 Å². The van der Waals surface area contributed by atoms with E-state index in [1.165, 1.54) is 58.4 Å². The van der Waals surface area contributed by atoms with Crippen molar-refractivity contribution in [2.45, 2.75) is 38.6 Å². The fraction of sp³-hybridized carbons (Fsp3) is 0.696. The molecule has 1 amide bonds. The first kappa shape index (κ1) is 19.2. The van der Waals surface area contributed by atoms with E-state index in [4.69, 9.17) is 9.47 Å². The van der Waals surface area contributed by atoms with Crippen LogP contribution in [0.2, 0.25) is 0 Å². The van der Waals surface area contributed by atoms with Crippen molar-refractivity contribution < 1.29 is 14.3 Å². The molecule has 0 aromatic heterocycles. The van der Waals surface area contributed by atoms with E-state index in [0.29, 0.717) is 23.1 Å². The average Bonchev–Trinajstić information content (AvgIpc) is 3.22. The van der Waals surface area contributed by atoms with Gasteiger partial charge in [-0.15, -0.1) is 0 Å². The minimum Gasteiger partial charge on any atom is -0.454 e. The third kappa shape index (κ3) is 4.10. The van der Waals surface area contributed by atoms with Gasteiger partial charge in [0.15, 0.2) is 11.5 Å². The van der Waals surface area contributed by atoms with Gasteiger partial charge in [0, 0.05) is 31.2 Å². The molecular formula is C23H33N3O3. The third-order valence-corrected chi connectivity index (χ3v) is 7.52. The van der Waals surface area contributed by atoms with Crippen molar-refractivity contribution in [2.75, 3.05) is 46.1 Å². The lowest BCUT2D eigenvalue weighted by molar-refractivity contribution is -0.0148. The van der Waals surface area contributed by atoms with Crippen LogP contribution in [0.15, 0.2) is 18.2 Å². The number of rotatable bonds is 5. The van der Waals surface area contributed by atoms with Gasteiger partial charge in [-0.1, -0.05) is 6.92 Å². The average molecular weight is 400 g/mol. The van der Waals surface area contributed by atoms with Crippen LogP contribution < -0.4 is 14.8 Å². The summed E-state index contributed by atoms with van der Waals surface area (Å²) in [4.78, 5) is 17.9. The maximum atomic E-state index is 12.6. The SMILES string of the molecule is CC1CCN(CC2CN3CCC2CC3CNC(=O)c2ccc3c(c2)OCO3)CC1. The van der Waals surface area contributed by atoms with E-state index in [1.54, 1.807) is 6.07 Å². The van der Waals surface area contributed by atoms with Crippen molar-refractivity contribution in [1.29, 1.82) is 0 Å². The molecule has 6 nitrogen and oxygen atoms in total. The largest absolute Gasteiger partial charge is 0.454 e. The van der Waals surface area contributed by atoms with Crippen molar-refractivity contribution in [1.82, 2.24) is 15.1 Å². The summed E-state index contributed by atoms with van der Waals surface area (Å²) >= 11 is 0. The Bertz CT molecular complexity index is 747. The third-order valence-electron chi connectivity index (χ3n) is 7.52. The second-order valence-corrected chi connectivity index (χ2v) is 9.45. The molecule has 0 spiro atoms. The van der Waals surface area contributed by atoms with E-state index in [1.807, 2.05) is 12.1 Å². The van der Waals surface area contributed by atoms with Crippen LogP contribution in [0.3, 0.4) is 0 Å². The van der Waals surface area contributed by atoms with Crippen molar-refractivity contribution in [3.05, 3.63) is 23.8 Å². The zero-order chi connectivity index (χ0) is 19.8. The first-order chi connectivity index (χ1) is 14.2.